The van der Waals surface area contributed by atoms with Gasteiger partial charge in [0.05, 0.1) is 7.11 Å². The Morgan fingerprint density at radius 2 is 1.19 bits per heavy atom. The van der Waals surface area contributed by atoms with E-state index in [1.54, 1.807) is 0 Å². The van der Waals surface area contributed by atoms with Gasteiger partial charge in [0.15, 0.2) is 11.6 Å². The van der Waals surface area contributed by atoms with E-state index in [9.17, 15) is 17.6 Å². The Hall–Kier alpha value is -1.78. The molecule has 3 fully saturated rings. The lowest BCUT2D eigenvalue weighted by molar-refractivity contribution is -0.140. The highest BCUT2D eigenvalue weighted by Gasteiger charge is 2.38. The van der Waals surface area contributed by atoms with Crippen LogP contribution in [0.25, 0.3) is 6.08 Å². The predicted octanol–water partition coefficient (Wildman–Crippen LogP) is 9.86. The molecule has 200 valence electrons. The molecule has 36 heavy (non-hydrogen) atoms. The molecule has 3 aliphatic rings. The lowest BCUT2D eigenvalue weighted by Gasteiger charge is -2.36. The van der Waals surface area contributed by atoms with Crippen molar-refractivity contribution in [1.29, 1.82) is 0 Å². The Balaban J connectivity index is 1.24. The first-order valence-corrected chi connectivity index (χ1v) is 14.0. The Morgan fingerprint density at radius 3 is 1.69 bits per heavy atom. The van der Waals surface area contributed by atoms with Crippen molar-refractivity contribution in [3.05, 3.63) is 47.3 Å². The van der Waals surface area contributed by atoms with Crippen molar-refractivity contribution in [2.45, 2.75) is 90.1 Å². The maximum atomic E-state index is 14.3. The standard InChI is InChI=1S/C31H42F4O/c1-21-3-14-25(15-4-21)26-16-11-24(12-17-26)10-7-22-5-8-23(9-6-22)13-18-27-19-20-28(36-2)30(32)29(27)31(33,34)35/h7,10,13,18-26H,3-6,8-9,11-12,14-17H2,1-2H3. The van der Waals surface area contributed by atoms with E-state index in [4.69, 9.17) is 4.74 Å². The number of allylic oxidation sites excluding steroid dienone is 3. The largest absolute Gasteiger partial charge is 0.494 e. The summed E-state index contributed by atoms with van der Waals surface area (Å²) in [6, 6.07) is 2.55. The van der Waals surface area contributed by atoms with Crippen LogP contribution in [0.1, 0.15) is 95.1 Å². The third kappa shape index (κ3) is 6.95. The number of ether oxygens (including phenoxy) is 1. The van der Waals surface area contributed by atoms with Crippen LogP contribution in [0, 0.1) is 41.3 Å². The molecule has 0 radical (unpaired) electrons. The van der Waals surface area contributed by atoms with Crippen LogP contribution >= 0.6 is 0 Å². The van der Waals surface area contributed by atoms with Crippen LogP contribution in [-0.2, 0) is 6.18 Å². The Labute approximate surface area is 214 Å². The van der Waals surface area contributed by atoms with Gasteiger partial charge in [-0.2, -0.15) is 13.2 Å². The number of rotatable bonds is 6. The highest BCUT2D eigenvalue weighted by atomic mass is 19.4. The molecule has 0 aliphatic heterocycles. The highest BCUT2D eigenvalue weighted by Crippen LogP contribution is 2.42. The quantitative estimate of drug-likeness (QED) is 0.276. The van der Waals surface area contributed by atoms with Crippen molar-refractivity contribution >= 4 is 6.08 Å². The van der Waals surface area contributed by atoms with E-state index in [2.05, 4.69) is 19.1 Å². The molecule has 4 rings (SSSR count). The van der Waals surface area contributed by atoms with Gasteiger partial charge < -0.3 is 4.74 Å². The summed E-state index contributed by atoms with van der Waals surface area (Å²) < 4.78 is 59.5. The van der Waals surface area contributed by atoms with Crippen molar-refractivity contribution < 1.29 is 22.3 Å². The minimum atomic E-state index is -4.77. The van der Waals surface area contributed by atoms with Gasteiger partial charge in [0.2, 0.25) is 0 Å². The molecule has 1 aromatic rings. The van der Waals surface area contributed by atoms with Crippen LogP contribution in [0.2, 0.25) is 0 Å². The highest BCUT2D eigenvalue weighted by molar-refractivity contribution is 5.57. The summed E-state index contributed by atoms with van der Waals surface area (Å²) in [6.07, 6.45) is 18.6. The van der Waals surface area contributed by atoms with Crippen molar-refractivity contribution in [3.8, 4) is 5.75 Å². The molecule has 0 heterocycles. The Morgan fingerprint density at radius 1 is 0.722 bits per heavy atom. The summed E-state index contributed by atoms with van der Waals surface area (Å²) >= 11 is 0. The van der Waals surface area contributed by atoms with Crippen molar-refractivity contribution in [2.75, 3.05) is 7.11 Å². The number of alkyl halides is 3. The van der Waals surface area contributed by atoms with E-state index in [1.807, 2.05) is 6.08 Å². The number of halogens is 4. The average Bonchev–Trinajstić information content (AvgIpc) is 2.87. The minimum absolute atomic E-state index is 0.138. The molecule has 3 saturated carbocycles. The van der Waals surface area contributed by atoms with Crippen LogP contribution in [0.3, 0.4) is 0 Å². The first-order chi connectivity index (χ1) is 17.2. The summed E-state index contributed by atoms with van der Waals surface area (Å²) in [5, 5.41) is 0. The maximum absolute atomic E-state index is 14.3. The van der Waals surface area contributed by atoms with Crippen LogP contribution in [0.5, 0.6) is 5.75 Å². The fourth-order valence-corrected chi connectivity index (χ4v) is 6.81. The summed E-state index contributed by atoms with van der Waals surface area (Å²) in [4.78, 5) is 0. The second kappa shape index (κ2) is 12.2. The first-order valence-electron chi connectivity index (χ1n) is 14.0. The number of methoxy groups -OCH3 is 1. The summed E-state index contributed by atoms with van der Waals surface area (Å²) in [5.74, 6) is 2.62. The van der Waals surface area contributed by atoms with Crippen molar-refractivity contribution in [1.82, 2.24) is 0 Å². The van der Waals surface area contributed by atoms with E-state index in [1.165, 1.54) is 76.7 Å². The molecule has 0 saturated heterocycles. The van der Waals surface area contributed by atoms with E-state index >= 15 is 0 Å². The maximum Gasteiger partial charge on any atom is 0.419 e. The zero-order valence-electron chi connectivity index (χ0n) is 21.8. The molecular formula is C31H42F4O. The average molecular weight is 507 g/mol. The van der Waals surface area contributed by atoms with Gasteiger partial charge in [-0.1, -0.05) is 50.1 Å². The van der Waals surface area contributed by atoms with Gasteiger partial charge in [-0.3, -0.25) is 0 Å². The molecule has 5 heteroatoms. The molecule has 3 aliphatic carbocycles. The van der Waals surface area contributed by atoms with Crippen LogP contribution in [0.4, 0.5) is 17.6 Å². The van der Waals surface area contributed by atoms with Crippen molar-refractivity contribution in [3.63, 3.8) is 0 Å². The normalized spacial score (nSPS) is 32.3. The van der Waals surface area contributed by atoms with Crippen LogP contribution in [-0.4, -0.2) is 7.11 Å². The Kier molecular flexibility index (Phi) is 9.22. The smallest absolute Gasteiger partial charge is 0.419 e. The second-order valence-electron chi connectivity index (χ2n) is 11.7. The van der Waals surface area contributed by atoms with E-state index in [0.29, 0.717) is 11.8 Å². The van der Waals surface area contributed by atoms with Gasteiger partial charge in [0.1, 0.15) is 5.56 Å². The fraction of sp³-hybridized carbons (Fsp3) is 0.677. The van der Waals surface area contributed by atoms with Gasteiger partial charge in [-0.15, -0.1) is 0 Å². The third-order valence-electron chi connectivity index (χ3n) is 9.21. The number of hydrogen-bond acceptors (Lipinski definition) is 1. The number of benzene rings is 1. The molecule has 0 bridgehead atoms. The lowest BCUT2D eigenvalue weighted by Crippen LogP contribution is -2.24. The Bertz CT molecular complexity index is 894. The summed E-state index contributed by atoms with van der Waals surface area (Å²) in [5.41, 5.74) is -1.39. The van der Waals surface area contributed by atoms with E-state index < -0.39 is 17.6 Å². The van der Waals surface area contributed by atoms with Crippen LogP contribution < -0.4 is 4.74 Å². The molecule has 0 aromatic heterocycles. The molecule has 0 amide bonds. The lowest BCUT2D eigenvalue weighted by atomic mass is 9.69. The van der Waals surface area contributed by atoms with E-state index in [0.717, 1.165) is 43.4 Å². The molecule has 0 N–H and O–H groups in total. The number of hydrogen-bond donors (Lipinski definition) is 0. The molecule has 0 atom stereocenters. The molecule has 0 spiro atoms. The van der Waals surface area contributed by atoms with Gasteiger partial charge >= 0.3 is 6.18 Å². The van der Waals surface area contributed by atoms with Crippen LogP contribution in [0.15, 0.2) is 30.4 Å². The van der Waals surface area contributed by atoms with E-state index in [-0.39, 0.29) is 17.2 Å². The molecule has 0 unspecified atom stereocenters. The predicted molar refractivity (Wildman–Crippen MR) is 138 cm³/mol. The zero-order chi connectivity index (χ0) is 25.7. The summed E-state index contributed by atoms with van der Waals surface area (Å²) in [7, 11) is 1.17. The monoisotopic (exact) mass is 506 g/mol. The zero-order valence-corrected chi connectivity index (χ0v) is 21.8. The molecular weight excluding hydrogens is 464 g/mol. The van der Waals surface area contributed by atoms with Gasteiger partial charge in [-0.25, -0.2) is 4.39 Å². The second-order valence-corrected chi connectivity index (χ2v) is 11.7. The molecule has 1 aromatic carbocycles. The fourth-order valence-electron chi connectivity index (χ4n) is 6.81. The minimum Gasteiger partial charge on any atom is -0.494 e. The van der Waals surface area contributed by atoms with Gasteiger partial charge in [-0.05, 0) is 111 Å². The SMILES string of the molecule is COc1ccc(C=CC2CCC(C=CC3CCC(C4CCC(C)CC4)CC3)CC2)c(C(F)(F)F)c1F. The van der Waals surface area contributed by atoms with Crippen molar-refractivity contribution in [2.24, 2.45) is 35.5 Å². The molecule has 1 nitrogen and oxygen atoms in total. The first kappa shape index (κ1) is 27.3. The topological polar surface area (TPSA) is 9.23 Å². The van der Waals surface area contributed by atoms with Gasteiger partial charge in [0.25, 0.3) is 0 Å². The van der Waals surface area contributed by atoms with Gasteiger partial charge in [0, 0.05) is 0 Å². The summed E-state index contributed by atoms with van der Waals surface area (Å²) in [6.45, 7) is 2.40. The third-order valence-corrected chi connectivity index (χ3v) is 9.21.